The monoisotopic (exact) mass is 265 g/mol. The van der Waals surface area contributed by atoms with Gasteiger partial charge in [0.15, 0.2) is 9.84 Å². The van der Waals surface area contributed by atoms with Crippen LogP contribution in [-0.4, -0.2) is 24.6 Å². The first-order valence-corrected chi connectivity index (χ1v) is 6.90. The number of ether oxygens (including phenoxy) is 1. The Morgan fingerprint density at radius 2 is 1.89 bits per heavy atom. The first-order valence-electron chi connectivity index (χ1n) is 5.00. The molecule has 0 aliphatic rings. The maximum Gasteiger partial charge on any atom is 0.322 e. The largest absolute Gasteiger partial charge is 0.424 e. The van der Waals surface area contributed by atoms with Crippen molar-refractivity contribution in [3.63, 3.8) is 0 Å². The highest BCUT2D eigenvalue weighted by Gasteiger charge is 2.08. The van der Waals surface area contributed by atoms with Gasteiger partial charge in [-0.15, -0.1) is 0 Å². The van der Waals surface area contributed by atoms with Gasteiger partial charge in [0.05, 0.1) is 23.0 Å². The molecule has 1 aromatic carbocycles. The Hall–Kier alpha value is -2.15. The van der Waals surface area contributed by atoms with E-state index in [2.05, 4.69) is 9.97 Å². The molecule has 0 fully saturated rings. The van der Waals surface area contributed by atoms with Gasteiger partial charge in [-0.1, -0.05) is 6.07 Å². The molecule has 0 atom stereocenters. The van der Waals surface area contributed by atoms with Crippen LogP contribution in [-0.2, 0) is 9.84 Å². The van der Waals surface area contributed by atoms with Gasteiger partial charge in [0.25, 0.3) is 0 Å². The van der Waals surface area contributed by atoms with Gasteiger partial charge in [-0.2, -0.15) is 0 Å². The van der Waals surface area contributed by atoms with Crippen molar-refractivity contribution in [2.75, 3.05) is 12.0 Å². The number of aromatic nitrogens is 2. The summed E-state index contributed by atoms with van der Waals surface area (Å²) in [7, 11) is -3.27. The van der Waals surface area contributed by atoms with Crippen LogP contribution in [0.1, 0.15) is 0 Å². The molecule has 2 rings (SSSR count). The molecule has 1 aromatic heterocycles. The van der Waals surface area contributed by atoms with E-state index in [1.807, 2.05) is 0 Å². The Morgan fingerprint density at radius 3 is 2.50 bits per heavy atom. The second-order valence-corrected chi connectivity index (χ2v) is 5.66. The van der Waals surface area contributed by atoms with Crippen molar-refractivity contribution >= 4 is 15.5 Å². The topological polar surface area (TPSA) is 95.2 Å². The maximum absolute atomic E-state index is 11.4. The number of sulfone groups is 1. The Morgan fingerprint density at radius 1 is 1.22 bits per heavy atom. The van der Waals surface area contributed by atoms with Crippen molar-refractivity contribution in [3.8, 4) is 11.8 Å². The maximum atomic E-state index is 11.4. The van der Waals surface area contributed by atoms with E-state index in [-0.39, 0.29) is 10.9 Å². The molecule has 2 aromatic rings. The number of hydrogen-bond acceptors (Lipinski definition) is 6. The van der Waals surface area contributed by atoms with Crippen LogP contribution in [0.15, 0.2) is 41.6 Å². The molecule has 6 nitrogen and oxygen atoms in total. The summed E-state index contributed by atoms with van der Waals surface area (Å²) in [6.07, 6.45) is 3.94. The molecule has 0 unspecified atom stereocenters. The minimum absolute atomic E-state index is 0.106. The highest BCUT2D eigenvalue weighted by Crippen LogP contribution is 2.21. The predicted molar refractivity (Wildman–Crippen MR) is 66.1 cm³/mol. The van der Waals surface area contributed by atoms with Crippen LogP contribution in [0.3, 0.4) is 0 Å². The van der Waals surface area contributed by atoms with Crippen molar-refractivity contribution < 1.29 is 13.2 Å². The lowest BCUT2D eigenvalue weighted by Gasteiger charge is -2.05. The zero-order valence-corrected chi connectivity index (χ0v) is 10.4. The van der Waals surface area contributed by atoms with Crippen molar-refractivity contribution in [3.05, 3.63) is 36.7 Å². The van der Waals surface area contributed by atoms with E-state index in [1.54, 1.807) is 12.1 Å². The number of nitrogens with zero attached hydrogens (tertiary/aromatic N) is 2. The number of anilines is 1. The Balaban J connectivity index is 2.27. The summed E-state index contributed by atoms with van der Waals surface area (Å²) in [5.41, 5.74) is 5.86. The fourth-order valence-corrected chi connectivity index (χ4v) is 1.91. The minimum atomic E-state index is -3.27. The van der Waals surface area contributed by atoms with Crippen LogP contribution >= 0.6 is 0 Å². The highest BCUT2D eigenvalue weighted by molar-refractivity contribution is 7.90. The predicted octanol–water partition coefficient (Wildman–Crippen LogP) is 1.25. The molecule has 0 amide bonds. The van der Waals surface area contributed by atoms with Gasteiger partial charge in [-0.25, -0.2) is 18.4 Å². The fourth-order valence-electron chi connectivity index (χ4n) is 1.25. The summed E-state index contributed by atoms with van der Waals surface area (Å²) in [5.74, 6) is 0.350. The third-order valence-corrected chi connectivity index (χ3v) is 3.20. The summed E-state index contributed by atoms with van der Waals surface area (Å²) >= 11 is 0. The molecule has 0 aliphatic heterocycles. The first kappa shape index (κ1) is 12.3. The average Bonchev–Trinajstić information content (AvgIpc) is 2.31. The van der Waals surface area contributed by atoms with Crippen molar-refractivity contribution in [1.29, 1.82) is 0 Å². The third-order valence-electron chi connectivity index (χ3n) is 2.09. The summed E-state index contributed by atoms with van der Waals surface area (Å²) in [6, 6.07) is 6.22. The van der Waals surface area contributed by atoms with E-state index in [9.17, 15) is 8.42 Å². The van der Waals surface area contributed by atoms with Gasteiger partial charge < -0.3 is 10.5 Å². The summed E-state index contributed by atoms with van der Waals surface area (Å²) in [4.78, 5) is 7.89. The quantitative estimate of drug-likeness (QED) is 0.897. The van der Waals surface area contributed by atoms with Crippen molar-refractivity contribution in [2.45, 2.75) is 4.90 Å². The Bertz CT molecular complexity index is 653. The molecule has 94 valence electrons. The van der Waals surface area contributed by atoms with Gasteiger partial charge in [0.2, 0.25) is 0 Å². The van der Waals surface area contributed by atoms with Gasteiger partial charge in [0.1, 0.15) is 5.75 Å². The zero-order chi connectivity index (χ0) is 13.2. The van der Waals surface area contributed by atoms with E-state index >= 15 is 0 Å². The Labute approximate surface area is 104 Å². The molecule has 0 spiro atoms. The molecular formula is C11H11N3O3S. The zero-order valence-electron chi connectivity index (χ0n) is 9.57. The molecule has 0 radical (unpaired) electrons. The molecular weight excluding hydrogens is 254 g/mol. The molecule has 0 saturated heterocycles. The van der Waals surface area contributed by atoms with Crippen LogP contribution in [0.25, 0.3) is 0 Å². The minimum Gasteiger partial charge on any atom is -0.424 e. The third kappa shape index (κ3) is 2.95. The van der Waals surface area contributed by atoms with Crippen LogP contribution in [0, 0.1) is 0 Å². The van der Waals surface area contributed by atoms with E-state index in [0.717, 1.165) is 6.26 Å². The first-order chi connectivity index (χ1) is 8.45. The molecule has 0 saturated carbocycles. The van der Waals surface area contributed by atoms with Crippen LogP contribution in [0.5, 0.6) is 11.8 Å². The van der Waals surface area contributed by atoms with E-state index in [0.29, 0.717) is 11.4 Å². The number of hydrogen-bond donors (Lipinski definition) is 1. The van der Waals surface area contributed by atoms with Crippen LogP contribution < -0.4 is 10.5 Å². The summed E-state index contributed by atoms with van der Waals surface area (Å²) in [5, 5.41) is 0. The second kappa shape index (κ2) is 4.61. The molecule has 7 heteroatoms. The lowest BCUT2D eigenvalue weighted by molar-refractivity contribution is 0.440. The molecule has 1 heterocycles. The van der Waals surface area contributed by atoms with Crippen LogP contribution in [0.4, 0.5) is 5.69 Å². The molecule has 18 heavy (non-hydrogen) atoms. The standard InChI is InChI=1S/C11H11N3O3S/c1-18(15,16)10-4-2-3-9(5-10)17-11-13-6-8(12)7-14-11/h2-7H,12H2,1H3. The Kier molecular flexibility index (Phi) is 3.15. The lowest BCUT2D eigenvalue weighted by atomic mass is 10.3. The summed E-state index contributed by atoms with van der Waals surface area (Å²) in [6.45, 7) is 0. The summed E-state index contributed by atoms with van der Waals surface area (Å²) < 4.78 is 28.1. The normalized spacial score (nSPS) is 11.2. The fraction of sp³-hybridized carbons (Fsp3) is 0.0909. The van der Waals surface area contributed by atoms with Crippen LogP contribution in [0.2, 0.25) is 0 Å². The van der Waals surface area contributed by atoms with Gasteiger partial charge in [-0.3, -0.25) is 0 Å². The van der Waals surface area contributed by atoms with Crippen molar-refractivity contribution in [1.82, 2.24) is 9.97 Å². The molecule has 2 N–H and O–H groups in total. The highest BCUT2D eigenvalue weighted by atomic mass is 32.2. The smallest absolute Gasteiger partial charge is 0.322 e. The number of benzene rings is 1. The number of nitrogens with two attached hydrogens (primary N) is 1. The molecule has 0 bridgehead atoms. The van der Waals surface area contributed by atoms with Gasteiger partial charge in [0, 0.05) is 6.26 Å². The van der Waals surface area contributed by atoms with E-state index < -0.39 is 9.84 Å². The van der Waals surface area contributed by atoms with E-state index in [4.69, 9.17) is 10.5 Å². The second-order valence-electron chi connectivity index (χ2n) is 3.65. The van der Waals surface area contributed by atoms with Gasteiger partial charge in [-0.05, 0) is 18.2 Å². The lowest BCUT2D eigenvalue weighted by Crippen LogP contribution is -1.98. The van der Waals surface area contributed by atoms with E-state index in [1.165, 1.54) is 24.5 Å². The van der Waals surface area contributed by atoms with Gasteiger partial charge >= 0.3 is 6.01 Å². The number of rotatable bonds is 3. The molecule has 0 aliphatic carbocycles. The van der Waals surface area contributed by atoms with Crippen molar-refractivity contribution in [2.24, 2.45) is 0 Å². The number of nitrogen functional groups attached to an aromatic ring is 1. The SMILES string of the molecule is CS(=O)(=O)c1cccc(Oc2ncc(N)cn2)c1. The average molecular weight is 265 g/mol.